The SMILES string of the molecule is C.CC.CC.CC.CC.CC.CC.Cc1ccccc1.Cc1ccnnc1.Cc1cncnn1.Cc1cnncn1.Cc1nccnn1.Cc1ncncn1. The van der Waals surface area contributed by atoms with Crippen LogP contribution in [0.5, 0.6) is 0 Å². The van der Waals surface area contributed by atoms with Crippen LogP contribution < -0.4 is 0 Å². The molecule has 0 fully saturated rings. The quantitative estimate of drug-likeness (QED) is 0.142. The molecule has 0 bridgehead atoms. The van der Waals surface area contributed by atoms with Gasteiger partial charge in [-0.3, -0.25) is 0 Å². The van der Waals surface area contributed by atoms with E-state index in [9.17, 15) is 0 Å². The third-order valence-electron chi connectivity index (χ3n) is 4.11. The largest absolute Gasteiger partial charge is 0.241 e. The molecule has 0 aliphatic rings. The molecule has 0 aliphatic carbocycles. The van der Waals surface area contributed by atoms with Crippen LogP contribution in [-0.4, -0.2) is 70.7 Å². The van der Waals surface area contributed by atoms with Crippen molar-refractivity contribution in [3.8, 4) is 0 Å². The van der Waals surface area contributed by atoms with Crippen molar-refractivity contribution in [3.63, 3.8) is 0 Å². The van der Waals surface area contributed by atoms with Crippen LogP contribution in [0.15, 0.2) is 98.9 Å². The van der Waals surface area contributed by atoms with Gasteiger partial charge in [0.1, 0.15) is 37.0 Å². The second-order valence-corrected chi connectivity index (χ2v) is 7.95. The molecule has 6 aromatic rings. The van der Waals surface area contributed by atoms with E-state index in [0.717, 1.165) is 22.8 Å². The van der Waals surface area contributed by atoms with E-state index in [1.54, 1.807) is 44.1 Å². The number of rotatable bonds is 0. The lowest BCUT2D eigenvalue weighted by Crippen LogP contribution is -1.85. The zero-order chi connectivity index (χ0) is 42.7. The molecule has 0 radical (unpaired) electrons. The minimum atomic E-state index is 0. The summed E-state index contributed by atoms with van der Waals surface area (Å²) in [6.45, 7) is 35.4. The van der Waals surface area contributed by atoms with E-state index in [1.807, 2.05) is 135 Å². The van der Waals surface area contributed by atoms with Crippen molar-refractivity contribution in [1.82, 2.24) is 70.7 Å². The molecule has 0 amide bonds. The molecular weight excluding hydrogens is 689 g/mol. The number of nitrogens with zero attached hydrogens (tertiary/aromatic N) is 14. The molecule has 5 aromatic heterocycles. The molecule has 0 saturated heterocycles. The highest BCUT2D eigenvalue weighted by molar-refractivity contribution is 5.11. The van der Waals surface area contributed by atoms with E-state index in [0.29, 0.717) is 5.82 Å². The van der Waals surface area contributed by atoms with Gasteiger partial charge in [0.05, 0.1) is 36.2 Å². The van der Waals surface area contributed by atoms with E-state index in [-0.39, 0.29) is 7.43 Å². The summed E-state index contributed by atoms with van der Waals surface area (Å²) >= 11 is 0. The van der Waals surface area contributed by atoms with E-state index in [1.165, 1.54) is 30.9 Å². The van der Waals surface area contributed by atoms with Gasteiger partial charge < -0.3 is 0 Å². The average Bonchev–Trinajstić information content (AvgIpc) is 3.25. The molecule has 1 aromatic carbocycles. The van der Waals surface area contributed by atoms with Crippen LogP contribution in [0.1, 0.15) is 125 Å². The maximum absolute atomic E-state index is 3.81. The summed E-state index contributed by atoms with van der Waals surface area (Å²) in [7, 11) is 0. The number of aryl methyl sites for hydroxylation is 6. The standard InChI is InChI=1S/C7H8.C5H6N2.4C4H5N3.6C2H6.CH4/c1-7-5-3-2-4-6-7;1-5-2-3-6-7-4-5;1-4-6-2-5-3-7-4;1-4-2-6-7-3-5-4;1-4-2-5-3-6-7-4;1-4-5-2-3-6-7-4;6*1-2;/h2-6H,1H3;2-4H,1H3;4*2-3H,1H3;6*1-2H3;1H4. The van der Waals surface area contributed by atoms with E-state index < -0.39 is 0 Å². The third-order valence-corrected chi connectivity index (χ3v) is 4.11. The van der Waals surface area contributed by atoms with Crippen molar-refractivity contribution in [3.05, 3.63) is 133 Å². The Morgan fingerprint density at radius 3 is 1.13 bits per heavy atom. The Morgan fingerprint density at radius 1 is 0.345 bits per heavy atom. The molecular formula is C41H74N14. The van der Waals surface area contributed by atoms with Gasteiger partial charge in [0, 0.05) is 12.4 Å². The molecule has 14 heteroatoms. The first kappa shape index (κ1) is 64.3. The summed E-state index contributed by atoms with van der Waals surface area (Å²) in [5.41, 5.74) is 4.22. The first-order valence-electron chi connectivity index (χ1n) is 18.5. The van der Waals surface area contributed by atoms with Crippen LogP contribution in [0.2, 0.25) is 0 Å². The van der Waals surface area contributed by atoms with Crippen molar-refractivity contribution in [2.24, 2.45) is 0 Å². The summed E-state index contributed by atoms with van der Waals surface area (Å²) in [4.78, 5) is 22.5. The van der Waals surface area contributed by atoms with Crippen molar-refractivity contribution < 1.29 is 0 Å². The van der Waals surface area contributed by atoms with Gasteiger partial charge in [-0.25, -0.2) is 29.9 Å². The number of hydrogen-bond donors (Lipinski definition) is 0. The van der Waals surface area contributed by atoms with E-state index >= 15 is 0 Å². The molecule has 5 heterocycles. The first-order valence-corrected chi connectivity index (χ1v) is 18.5. The zero-order valence-corrected chi connectivity index (χ0v) is 36.5. The molecule has 0 aliphatic heterocycles. The topological polar surface area (TPSA) is 180 Å². The lowest BCUT2D eigenvalue weighted by atomic mass is 10.2. The third kappa shape index (κ3) is 57.9. The summed E-state index contributed by atoms with van der Waals surface area (Å²) in [5.74, 6) is 1.47. The van der Waals surface area contributed by atoms with Gasteiger partial charge in [-0.2, -0.15) is 25.5 Å². The van der Waals surface area contributed by atoms with Gasteiger partial charge in [-0.05, 0) is 53.2 Å². The summed E-state index contributed by atoms with van der Waals surface area (Å²) in [6, 6.07) is 12.2. The van der Waals surface area contributed by atoms with Gasteiger partial charge in [0.15, 0.2) is 0 Å². The summed E-state index contributed by atoms with van der Waals surface area (Å²) < 4.78 is 0. The molecule has 0 spiro atoms. The minimum absolute atomic E-state index is 0. The van der Waals surface area contributed by atoms with Gasteiger partial charge in [0.2, 0.25) is 0 Å². The van der Waals surface area contributed by atoms with Crippen molar-refractivity contribution in [2.45, 2.75) is 132 Å². The highest BCUT2D eigenvalue weighted by Gasteiger charge is 1.78. The summed E-state index contributed by atoms with van der Waals surface area (Å²) in [6.07, 6.45) is 15.6. The highest BCUT2D eigenvalue weighted by Crippen LogP contribution is 1.92. The number of hydrogen-bond acceptors (Lipinski definition) is 14. The van der Waals surface area contributed by atoms with Crippen LogP contribution in [0.3, 0.4) is 0 Å². The van der Waals surface area contributed by atoms with Crippen LogP contribution in [0, 0.1) is 41.5 Å². The lowest BCUT2D eigenvalue weighted by molar-refractivity contribution is 0.907. The van der Waals surface area contributed by atoms with Crippen LogP contribution in [0.4, 0.5) is 0 Å². The Morgan fingerprint density at radius 2 is 0.909 bits per heavy atom. The van der Waals surface area contributed by atoms with Crippen LogP contribution in [0.25, 0.3) is 0 Å². The highest BCUT2D eigenvalue weighted by atomic mass is 15.1. The first-order chi connectivity index (χ1) is 26.4. The summed E-state index contributed by atoms with van der Waals surface area (Å²) in [5, 5.41) is 28.7. The number of aromatic nitrogens is 14. The lowest BCUT2D eigenvalue weighted by Gasteiger charge is -1.82. The molecule has 308 valence electrons. The smallest absolute Gasteiger partial charge is 0.147 e. The van der Waals surface area contributed by atoms with Crippen molar-refractivity contribution in [2.75, 3.05) is 0 Å². The average molecular weight is 763 g/mol. The molecule has 0 atom stereocenters. The Hall–Kier alpha value is -5.66. The van der Waals surface area contributed by atoms with Crippen LogP contribution >= 0.6 is 0 Å². The maximum Gasteiger partial charge on any atom is 0.147 e. The normalized spacial score (nSPS) is 7.31. The fourth-order valence-electron chi connectivity index (χ4n) is 2.11. The predicted molar refractivity (Wildman–Crippen MR) is 231 cm³/mol. The van der Waals surface area contributed by atoms with Crippen molar-refractivity contribution in [1.29, 1.82) is 0 Å². The minimum Gasteiger partial charge on any atom is -0.241 e. The Bertz CT molecular complexity index is 1120. The molecule has 0 unspecified atom stereocenters. The molecule has 55 heavy (non-hydrogen) atoms. The van der Waals surface area contributed by atoms with Gasteiger partial charge in [-0.15, -0.1) is 15.3 Å². The fraction of sp³-hybridized carbons (Fsp3) is 0.463. The zero-order valence-electron chi connectivity index (χ0n) is 36.5. The van der Waals surface area contributed by atoms with Gasteiger partial charge in [0.25, 0.3) is 0 Å². The van der Waals surface area contributed by atoms with Gasteiger partial charge >= 0.3 is 0 Å². The molecule has 14 nitrogen and oxygen atoms in total. The molecule has 6 rings (SSSR count). The van der Waals surface area contributed by atoms with Crippen LogP contribution in [-0.2, 0) is 0 Å². The van der Waals surface area contributed by atoms with E-state index in [2.05, 4.69) is 89.7 Å². The Balaban J connectivity index is -0.0000000949. The Labute approximate surface area is 335 Å². The molecule has 0 N–H and O–H groups in total. The Kier molecular flexibility index (Phi) is 70.7. The van der Waals surface area contributed by atoms with E-state index in [4.69, 9.17) is 0 Å². The molecule has 0 saturated carbocycles. The monoisotopic (exact) mass is 763 g/mol. The second kappa shape index (κ2) is 60.4. The fourth-order valence-corrected chi connectivity index (χ4v) is 2.11. The number of benzene rings is 1. The maximum atomic E-state index is 3.81. The van der Waals surface area contributed by atoms with Gasteiger partial charge in [-0.1, -0.05) is 126 Å². The predicted octanol–water partition coefficient (Wildman–Crippen LogP) is 10.3. The van der Waals surface area contributed by atoms with Crippen molar-refractivity contribution >= 4 is 0 Å². The second-order valence-electron chi connectivity index (χ2n) is 7.95.